The molecule has 0 atom stereocenters. The monoisotopic (exact) mass is 397 g/mol. The maximum Gasteiger partial charge on any atom is 0.253 e. The maximum absolute atomic E-state index is 12.4. The number of aromatic nitrogens is 2. The van der Waals surface area contributed by atoms with E-state index in [0.717, 1.165) is 39.0 Å². The Morgan fingerprint density at radius 2 is 1.86 bits per heavy atom. The molecule has 1 fully saturated rings. The van der Waals surface area contributed by atoms with Crippen molar-refractivity contribution >= 4 is 43.4 Å². The second-order valence-corrected chi connectivity index (χ2v) is 9.06. The lowest BCUT2D eigenvalue weighted by atomic mass is 9.90. The normalized spacial score (nSPS) is 20.0. The number of anilines is 1. The largest absolute Gasteiger partial charge is 0.367 e. The number of hydrogen-bond donors (Lipinski definition) is 1. The fourth-order valence-electron chi connectivity index (χ4n) is 4.04. The SMILES string of the molecule is CN(C)C(=O)c1ccc2sc3ncnc(NC4CCC(N(C)C)CC4)c3c2c1. The number of carbonyl (C=O) groups is 1. The van der Waals surface area contributed by atoms with Gasteiger partial charge in [0.2, 0.25) is 0 Å². The standard InChI is InChI=1S/C21H27N5OS/c1-25(2)15-8-6-14(7-9-15)24-19-18-16-11-13(21(27)26(3)4)5-10-17(16)28-20(18)23-12-22-19/h5,10-12,14-15H,6-9H2,1-4H3,(H,22,23,24). The first-order valence-electron chi connectivity index (χ1n) is 9.76. The Balaban J connectivity index is 1.68. The van der Waals surface area contributed by atoms with Gasteiger partial charge in [-0.3, -0.25) is 4.79 Å². The fourth-order valence-corrected chi connectivity index (χ4v) is 5.06. The second kappa shape index (κ2) is 7.64. The number of rotatable bonds is 4. The Labute approximate surface area is 169 Å². The van der Waals surface area contributed by atoms with E-state index in [1.165, 1.54) is 12.8 Å². The summed E-state index contributed by atoms with van der Waals surface area (Å²) in [6, 6.07) is 6.99. The van der Waals surface area contributed by atoms with Gasteiger partial charge in [0.05, 0.1) is 5.39 Å². The highest BCUT2D eigenvalue weighted by Gasteiger charge is 2.24. The summed E-state index contributed by atoms with van der Waals surface area (Å²) in [7, 11) is 7.88. The van der Waals surface area contributed by atoms with Crippen molar-refractivity contribution in [1.82, 2.24) is 19.8 Å². The third kappa shape index (κ3) is 3.56. The number of thiophene rings is 1. The van der Waals surface area contributed by atoms with Gasteiger partial charge < -0.3 is 15.1 Å². The average molecular weight is 398 g/mol. The van der Waals surface area contributed by atoms with Crippen molar-refractivity contribution < 1.29 is 4.79 Å². The molecular formula is C21H27N5OS. The van der Waals surface area contributed by atoms with Gasteiger partial charge in [0.25, 0.3) is 5.91 Å². The molecular weight excluding hydrogens is 370 g/mol. The minimum atomic E-state index is 0.00890. The van der Waals surface area contributed by atoms with Crippen LogP contribution in [0.4, 0.5) is 5.82 Å². The molecule has 28 heavy (non-hydrogen) atoms. The quantitative estimate of drug-likeness (QED) is 0.725. The molecule has 0 unspecified atom stereocenters. The smallest absolute Gasteiger partial charge is 0.253 e. The third-order valence-electron chi connectivity index (χ3n) is 5.69. The second-order valence-electron chi connectivity index (χ2n) is 8.03. The summed E-state index contributed by atoms with van der Waals surface area (Å²) in [5.41, 5.74) is 0.693. The molecule has 3 aromatic rings. The molecule has 7 heteroatoms. The zero-order valence-corrected chi connectivity index (χ0v) is 17.7. The van der Waals surface area contributed by atoms with Crippen LogP contribution in [0, 0.1) is 0 Å². The summed E-state index contributed by atoms with van der Waals surface area (Å²) in [6.45, 7) is 0. The molecule has 1 aliphatic rings. The van der Waals surface area contributed by atoms with E-state index in [9.17, 15) is 4.79 Å². The number of amides is 1. The number of benzene rings is 1. The molecule has 148 valence electrons. The Bertz CT molecular complexity index is 1000. The highest BCUT2D eigenvalue weighted by Crippen LogP contribution is 2.37. The van der Waals surface area contributed by atoms with E-state index in [0.29, 0.717) is 17.6 Å². The van der Waals surface area contributed by atoms with Gasteiger partial charge in [-0.1, -0.05) is 0 Å². The summed E-state index contributed by atoms with van der Waals surface area (Å²) in [5, 5.41) is 5.76. The molecule has 4 rings (SSSR count). The van der Waals surface area contributed by atoms with Gasteiger partial charge in [-0.2, -0.15) is 0 Å². The number of carbonyl (C=O) groups excluding carboxylic acids is 1. The zero-order valence-electron chi connectivity index (χ0n) is 16.9. The van der Waals surface area contributed by atoms with Gasteiger partial charge in [0, 0.05) is 41.8 Å². The van der Waals surface area contributed by atoms with Crippen LogP contribution in [0.2, 0.25) is 0 Å². The lowest BCUT2D eigenvalue weighted by Crippen LogP contribution is -2.36. The first-order chi connectivity index (χ1) is 13.4. The molecule has 0 saturated heterocycles. The van der Waals surface area contributed by atoms with Crippen LogP contribution >= 0.6 is 11.3 Å². The minimum Gasteiger partial charge on any atom is -0.367 e. The molecule has 1 amide bonds. The van der Waals surface area contributed by atoms with Crippen LogP contribution in [0.3, 0.4) is 0 Å². The van der Waals surface area contributed by atoms with E-state index in [4.69, 9.17) is 0 Å². The maximum atomic E-state index is 12.4. The zero-order chi connectivity index (χ0) is 19.8. The Morgan fingerprint density at radius 1 is 1.11 bits per heavy atom. The van der Waals surface area contributed by atoms with Gasteiger partial charge in [-0.25, -0.2) is 9.97 Å². The molecule has 0 aliphatic heterocycles. The first-order valence-corrected chi connectivity index (χ1v) is 10.6. The highest BCUT2D eigenvalue weighted by atomic mass is 32.1. The van der Waals surface area contributed by atoms with E-state index in [1.807, 2.05) is 18.2 Å². The molecule has 6 nitrogen and oxygen atoms in total. The molecule has 1 aliphatic carbocycles. The summed E-state index contributed by atoms with van der Waals surface area (Å²) < 4.78 is 1.13. The lowest BCUT2D eigenvalue weighted by Gasteiger charge is -2.33. The lowest BCUT2D eigenvalue weighted by molar-refractivity contribution is 0.0828. The van der Waals surface area contributed by atoms with Gasteiger partial charge in [0.1, 0.15) is 17.0 Å². The number of nitrogens with one attached hydrogen (secondary N) is 1. The number of hydrogen-bond acceptors (Lipinski definition) is 6. The Kier molecular flexibility index (Phi) is 5.21. The van der Waals surface area contributed by atoms with Crippen molar-refractivity contribution in [2.75, 3.05) is 33.5 Å². The van der Waals surface area contributed by atoms with Crippen molar-refractivity contribution in [3.8, 4) is 0 Å². The summed E-state index contributed by atoms with van der Waals surface area (Å²) in [5.74, 6) is 0.897. The van der Waals surface area contributed by atoms with Crippen LogP contribution in [-0.4, -0.2) is 65.9 Å². The predicted molar refractivity (Wildman–Crippen MR) is 116 cm³/mol. The highest BCUT2D eigenvalue weighted by molar-refractivity contribution is 7.25. The summed E-state index contributed by atoms with van der Waals surface area (Å²) in [6.07, 6.45) is 6.31. The summed E-state index contributed by atoms with van der Waals surface area (Å²) >= 11 is 1.65. The van der Waals surface area contributed by atoms with Crippen LogP contribution in [0.15, 0.2) is 24.5 Å². The molecule has 0 radical (unpaired) electrons. The van der Waals surface area contributed by atoms with Crippen LogP contribution in [0.25, 0.3) is 20.3 Å². The van der Waals surface area contributed by atoms with Gasteiger partial charge >= 0.3 is 0 Å². The molecule has 0 spiro atoms. The molecule has 1 N–H and O–H groups in total. The predicted octanol–water partition coefficient (Wildman–Crippen LogP) is 3.83. The molecule has 1 saturated carbocycles. The van der Waals surface area contributed by atoms with Crippen molar-refractivity contribution in [2.45, 2.75) is 37.8 Å². The van der Waals surface area contributed by atoms with E-state index >= 15 is 0 Å². The van der Waals surface area contributed by atoms with E-state index in [2.05, 4.69) is 34.3 Å². The minimum absolute atomic E-state index is 0.00890. The Morgan fingerprint density at radius 3 is 2.54 bits per heavy atom. The van der Waals surface area contributed by atoms with Crippen LogP contribution in [0.5, 0.6) is 0 Å². The van der Waals surface area contributed by atoms with Gasteiger partial charge in [0.15, 0.2) is 0 Å². The first kappa shape index (κ1) is 19.1. The van der Waals surface area contributed by atoms with Crippen molar-refractivity contribution in [3.63, 3.8) is 0 Å². The molecule has 1 aromatic carbocycles. The number of fused-ring (bicyclic) bond motifs is 3. The van der Waals surface area contributed by atoms with Crippen LogP contribution < -0.4 is 5.32 Å². The van der Waals surface area contributed by atoms with Gasteiger partial charge in [-0.05, 0) is 58.0 Å². The van der Waals surface area contributed by atoms with Crippen LogP contribution in [0.1, 0.15) is 36.0 Å². The Hall–Kier alpha value is -2.25. The van der Waals surface area contributed by atoms with E-state index < -0.39 is 0 Å². The average Bonchev–Trinajstić information content (AvgIpc) is 3.06. The molecule has 0 bridgehead atoms. The van der Waals surface area contributed by atoms with Gasteiger partial charge in [-0.15, -0.1) is 11.3 Å². The van der Waals surface area contributed by atoms with E-state index in [-0.39, 0.29) is 5.91 Å². The van der Waals surface area contributed by atoms with Crippen molar-refractivity contribution in [2.24, 2.45) is 0 Å². The molecule has 2 aromatic heterocycles. The van der Waals surface area contributed by atoms with Crippen molar-refractivity contribution in [3.05, 3.63) is 30.1 Å². The van der Waals surface area contributed by atoms with Crippen LogP contribution in [-0.2, 0) is 0 Å². The topological polar surface area (TPSA) is 61.4 Å². The van der Waals surface area contributed by atoms with Crippen molar-refractivity contribution in [1.29, 1.82) is 0 Å². The van der Waals surface area contributed by atoms with E-state index in [1.54, 1.807) is 36.7 Å². The number of nitrogens with zero attached hydrogens (tertiary/aromatic N) is 4. The molecule has 2 heterocycles. The third-order valence-corrected chi connectivity index (χ3v) is 6.77. The summed E-state index contributed by atoms with van der Waals surface area (Å²) in [4.78, 5) is 26.4. The fraction of sp³-hybridized carbons (Fsp3) is 0.476.